The lowest BCUT2D eigenvalue weighted by Gasteiger charge is -2.38. The quantitative estimate of drug-likeness (QED) is 0.715. The van der Waals surface area contributed by atoms with Crippen LogP contribution in [0.4, 0.5) is 5.95 Å². The van der Waals surface area contributed by atoms with Gasteiger partial charge in [-0.2, -0.15) is 4.98 Å². The molecule has 0 radical (unpaired) electrons. The Morgan fingerprint density at radius 2 is 1.67 bits per heavy atom. The lowest BCUT2D eigenvalue weighted by Crippen LogP contribution is -2.50. The molecule has 1 aromatic heterocycles. The fourth-order valence-corrected chi connectivity index (χ4v) is 5.07. The number of fused-ring (bicyclic) bond motifs is 2. The van der Waals surface area contributed by atoms with E-state index in [0.717, 1.165) is 44.0 Å². The highest BCUT2D eigenvalue weighted by Gasteiger charge is 2.34. The molecule has 2 fully saturated rings. The summed E-state index contributed by atoms with van der Waals surface area (Å²) in [4.78, 5) is 12.4. The van der Waals surface area contributed by atoms with Crippen molar-refractivity contribution in [2.45, 2.75) is 75.5 Å². The van der Waals surface area contributed by atoms with Crippen molar-refractivity contribution < 1.29 is 4.74 Å². The minimum absolute atomic E-state index is 0.446. The predicted octanol–water partition coefficient (Wildman–Crippen LogP) is 3.93. The lowest BCUT2D eigenvalue weighted by atomic mass is 9.86. The van der Waals surface area contributed by atoms with Crippen molar-refractivity contribution >= 4 is 23.4 Å². The van der Waals surface area contributed by atoms with Gasteiger partial charge in [-0.05, 0) is 19.1 Å². The number of rotatable bonds is 2. The molecule has 1 aromatic rings. The van der Waals surface area contributed by atoms with Crippen LogP contribution in [-0.2, 0) is 11.3 Å². The van der Waals surface area contributed by atoms with E-state index in [2.05, 4.69) is 15.0 Å². The van der Waals surface area contributed by atoms with Gasteiger partial charge in [0.05, 0.1) is 19.8 Å². The molecule has 0 amide bonds. The highest BCUT2D eigenvalue weighted by atomic mass is 32.2. The van der Waals surface area contributed by atoms with E-state index in [4.69, 9.17) is 9.73 Å². The van der Waals surface area contributed by atoms with Crippen LogP contribution in [-0.4, -0.2) is 64.0 Å². The van der Waals surface area contributed by atoms with E-state index in [9.17, 15) is 0 Å². The van der Waals surface area contributed by atoms with E-state index < -0.39 is 0 Å². The zero-order chi connectivity index (χ0) is 18.5. The maximum Gasteiger partial charge on any atom is 0.248 e. The summed E-state index contributed by atoms with van der Waals surface area (Å²) in [6.45, 7) is 4.70. The molecule has 0 aromatic carbocycles. The molecule has 1 aliphatic carbocycles. The van der Waals surface area contributed by atoms with E-state index in [0.29, 0.717) is 12.0 Å². The van der Waals surface area contributed by atoms with Crippen LogP contribution in [0.25, 0.3) is 0 Å². The number of hydrogen-bond acceptors (Lipinski definition) is 6. The minimum Gasteiger partial charge on any atom is -0.379 e. The summed E-state index contributed by atoms with van der Waals surface area (Å²) in [6.07, 6.45) is 14.0. The van der Waals surface area contributed by atoms with Gasteiger partial charge in [-0.3, -0.25) is 4.90 Å². The van der Waals surface area contributed by atoms with Gasteiger partial charge in [0.2, 0.25) is 11.1 Å². The van der Waals surface area contributed by atoms with Crippen LogP contribution < -0.4 is 0 Å². The molecule has 2 aliphatic heterocycles. The van der Waals surface area contributed by atoms with E-state index in [1.54, 1.807) is 11.8 Å². The van der Waals surface area contributed by atoms with Crippen LogP contribution in [0.2, 0.25) is 0 Å². The van der Waals surface area contributed by atoms with Crippen molar-refractivity contribution in [3.05, 3.63) is 0 Å². The van der Waals surface area contributed by atoms with Crippen molar-refractivity contribution in [2.75, 3.05) is 32.6 Å². The molecule has 1 saturated carbocycles. The Bertz CT molecular complexity index is 640. The maximum atomic E-state index is 5.63. The molecule has 6 nitrogen and oxygen atoms in total. The Balaban J connectivity index is 1.63. The topological polar surface area (TPSA) is 55.5 Å². The van der Waals surface area contributed by atoms with Crippen molar-refractivity contribution in [1.29, 1.82) is 0 Å². The van der Waals surface area contributed by atoms with Crippen molar-refractivity contribution in [1.82, 2.24) is 19.7 Å². The normalized spacial score (nSPS) is 28.4. The molecule has 3 heterocycles. The van der Waals surface area contributed by atoms with Gasteiger partial charge in [0.15, 0.2) is 0 Å². The zero-order valence-corrected chi connectivity index (χ0v) is 17.4. The van der Waals surface area contributed by atoms with Crippen LogP contribution in [0.15, 0.2) is 10.1 Å². The summed E-state index contributed by atoms with van der Waals surface area (Å²) in [5, 5.41) is 5.50. The Morgan fingerprint density at radius 3 is 2.41 bits per heavy atom. The van der Waals surface area contributed by atoms with Crippen LogP contribution >= 0.6 is 11.8 Å². The minimum atomic E-state index is 0.446. The summed E-state index contributed by atoms with van der Waals surface area (Å²) in [5.74, 6) is 1.32. The van der Waals surface area contributed by atoms with Gasteiger partial charge in [-0.25, -0.2) is 9.67 Å². The number of ether oxygens (including phenoxy) is 1. The van der Waals surface area contributed by atoms with Gasteiger partial charge < -0.3 is 4.74 Å². The fourth-order valence-electron chi connectivity index (χ4n) is 4.72. The Labute approximate surface area is 167 Å². The maximum absolute atomic E-state index is 5.63. The van der Waals surface area contributed by atoms with Crippen LogP contribution in [0.1, 0.15) is 57.8 Å². The first-order chi connectivity index (χ1) is 13.3. The Kier molecular flexibility index (Phi) is 6.84. The van der Waals surface area contributed by atoms with Gasteiger partial charge in [0.1, 0.15) is 0 Å². The van der Waals surface area contributed by atoms with E-state index in [1.165, 1.54) is 63.5 Å². The molecule has 3 aliphatic rings. The molecule has 2 atom stereocenters. The predicted molar refractivity (Wildman–Crippen MR) is 110 cm³/mol. The largest absolute Gasteiger partial charge is 0.379 e. The third-order valence-electron chi connectivity index (χ3n) is 6.21. The molecular weight excluding hydrogens is 358 g/mol. The summed E-state index contributed by atoms with van der Waals surface area (Å²) in [6, 6.07) is 0.446. The molecule has 7 heteroatoms. The molecule has 27 heavy (non-hydrogen) atoms. The van der Waals surface area contributed by atoms with Gasteiger partial charge in [-0.15, -0.1) is 5.10 Å². The molecule has 0 N–H and O–H groups in total. The van der Waals surface area contributed by atoms with E-state index in [-0.39, 0.29) is 0 Å². The number of aliphatic imine (C=N–C) groups is 1. The second kappa shape index (κ2) is 9.52. The number of nitrogens with zero attached hydrogens (tertiary/aromatic N) is 5. The van der Waals surface area contributed by atoms with Crippen LogP contribution in [0.3, 0.4) is 0 Å². The number of aromatic nitrogens is 3. The Morgan fingerprint density at radius 1 is 0.963 bits per heavy atom. The molecule has 4 rings (SSSR count). The third-order valence-corrected chi connectivity index (χ3v) is 6.75. The summed E-state index contributed by atoms with van der Waals surface area (Å²) in [7, 11) is 0. The van der Waals surface area contributed by atoms with Crippen molar-refractivity contribution in [3.63, 3.8) is 0 Å². The average molecular weight is 392 g/mol. The van der Waals surface area contributed by atoms with E-state index >= 15 is 0 Å². The highest BCUT2D eigenvalue weighted by Crippen LogP contribution is 2.31. The van der Waals surface area contributed by atoms with Gasteiger partial charge in [0.25, 0.3) is 0 Å². The standard InChI is InChI=1S/C20H33N5OS/c1-27-20-22-19-21-18-16(15-25(19)23-20)9-7-5-3-2-4-6-8-10-17(18)24-11-13-26-14-12-24/h16-17H,2-15H2,1H3. The summed E-state index contributed by atoms with van der Waals surface area (Å²) >= 11 is 1.61. The average Bonchev–Trinajstić information content (AvgIpc) is 3.10. The molecule has 1 saturated heterocycles. The highest BCUT2D eigenvalue weighted by molar-refractivity contribution is 7.98. The second-order valence-electron chi connectivity index (χ2n) is 8.03. The Hall–Kier alpha value is -0.920. The molecule has 0 spiro atoms. The third kappa shape index (κ3) is 4.74. The molecule has 2 unspecified atom stereocenters. The number of morpholine rings is 1. The number of hydrogen-bond donors (Lipinski definition) is 0. The smallest absolute Gasteiger partial charge is 0.248 e. The fraction of sp³-hybridized carbons (Fsp3) is 0.850. The second-order valence-corrected chi connectivity index (χ2v) is 8.80. The van der Waals surface area contributed by atoms with E-state index in [1.807, 2.05) is 10.9 Å². The molecule has 0 bridgehead atoms. The SMILES string of the molecule is CSc1nc2n(n1)CC1CCCCCCCCCC(N3CCOCC3)C1=N2. The first-order valence-corrected chi connectivity index (χ1v) is 12.0. The van der Waals surface area contributed by atoms with Crippen LogP contribution in [0, 0.1) is 5.92 Å². The van der Waals surface area contributed by atoms with Crippen molar-refractivity contribution in [3.8, 4) is 0 Å². The lowest BCUT2D eigenvalue weighted by molar-refractivity contribution is 0.0261. The van der Waals surface area contributed by atoms with Gasteiger partial charge in [0, 0.05) is 30.8 Å². The number of thioether (sulfide) groups is 1. The summed E-state index contributed by atoms with van der Waals surface area (Å²) in [5.41, 5.74) is 1.38. The van der Waals surface area contributed by atoms with Gasteiger partial charge in [-0.1, -0.05) is 56.7 Å². The zero-order valence-electron chi connectivity index (χ0n) is 16.6. The molecule has 150 valence electrons. The summed E-state index contributed by atoms with van der Waals surface area (Å²) < 4.78 is 7.67. The first kappa shape index (κ1) is 19.4. The van der Waals surface area contributed by atoms with Crippen molar-refractivity contribution in [2.24, 2.45) is 10.9 Å². The van der Waals surface area contributed by atoms with Gasteiger partial charge >= 0.3 is 0 Å². The monoisotopic (exact) mass is 391 g/mol. The first-order valence-electron chi connectivity index (χ1n) is 10.7. The van der Waals surface area contributed by atoms with Crippen LogP contribution in [0.5, 0.6) is 0 Å². The molecular formula is C20H33N5OS.